The van der Waals surface area contributed by atoms with E-state index in [1.165, 1.54) is 5.56 Å². The Labute approximate surface area is 153 Å². The Morgan fingerprint density at radius 3 is 2.65 bits per heavy atom. The number of carbonyl (C=O) groups excluding carboxylic acids is 1. The van der Waals surface area contributed by atoms with Crippen molar-refractivity contribution in [2.24, 2.45) is 7.05 Å². The van der Waals surface area contributed by atoms with Gasteiger partial charge in [0.15, 0.2) is 5.65 Å². The van der Waals surface area contributed by atoms with Crippen LogP contribution in [0.4, 0.5) is 5.69 Å². The van der Waals surface area contributed by atoms with Crippen molar-refractivity contribution in [3.8, 4) is 0 Å². The van der Waals surface area contributed by atoms with Crippen LogP contribution in [0.5, 0.6) is 0 Å². The maximum absolute atomic E-state index is 13.4. The SMILES string of the molecule is Cc1cccc(N(C)C(=O)c2cc(C3CC3)nc3c2c(C)nn3C)c1C. The lowest BCUT2D eigenvalue weighted by Crippen LogP contribution is -2.27. The molecule has 0 radical (unpaired) electrons. The van der Waals surface area contributed by atoms with E-state index < -0.39 is 0 Å². The molecule has 1 fully saturated rings. The van der Waals surface area contributed by atoms with Crippen LogP contribution >= 0.6 is 0 Å². The number of fused-ring (bicyclic) bond motifs is 1. The van der Waals surface area contributed by atoms with Crippen molar-refractivity contribution < 1.29 is 4.79 Å². The van der Waals surface area contributed by atoms with E-state index in [1.807, 2.05) is 39.2 Å². The van der Waals surface area contributed by atoms with E-state index in [1.54, 1.807) is 9.58 Å². The van der Waals surface area contributed by atoms with Crippen LogP contribution in [0, 0.1) is 20.8 Å². The summed E-state index contributed by atoms with van der Waals surface area (Å²) in [6.45, 7) is 6.06. The molecule has 0 saturated heterocycles. The van der Waals surface area contributed by atoms with Gasteiger partial charge in [0.25, 0.3) is 5.91 Å². The number of benzene rings is 1. The number of nitrogens with zero attached hydrogens (tertiary/aromatic N) is 4. The monoisotopic (exact) mass is 348 g/mol. The van der Waals surface area contributed by atoms with Gasteiger partial charge in [0.05, 0.1) is 16.6 Å². The molecule has 1 aliphatic carbocycles. The Bertz CT molecular complexity index is 1030. The third-order valence-electron chi connectivity index (χ3n) is 5.46. The van der Waals surface area contributed by atoms with Crippen LogP contribution in [0.25, 0.3) is 11.0 Å². The predicted octanol–water partition coefficient (Wildman–Crippen LogP) is 4.05. The molecule has 0 atom stereocenters. The molecule has 3 aromatic rings. The minimum absolute atomic E-state index is 0.0101. The molecule has 134 valence electrons. The number of hydrogen-bond acceptors (Lipinski definition) is 3. The maximum Gasteiger partial charge on any atom is 0.258 e. The van der Waals surface area contributed by atoms with Gasteiger partial charge in [-0.25, -0.2) is 4.98 Å². The molecular formula is C21H24N4O. The van der Waals surface area contributed by atoms with Crippen LogP contribution in [0.15, 0.2) is 24.3 Å². The molecule has 5 nitrogen and oxygen atoms in total. The van der Waals surface area contributed by atoms with Crippen LogP contribution in [-0.4, -0.2) is 27.7 Å². The number of carbonyl (C=O) groups is 1. The second-order valence-corrected chi connectivity index (χ2v) is 7.36. The predicted molar refractivity (Wildman–Crippen MR) is 104 cm³/mol. The highest BCUT2D eigenvalue weighted by Gasteiger charge is 2.29. The van der Waals surface area contributed by atoms with Gasteiger partial charge in [0, 0.05) is 31.4 Å². The van der Waals surface area contributed by atoms with Crippen LogP contribution in [0.3, 0.4) is 0 Å². The Balaban J connectivity index is 1.87. The summed E-state index contributed by atoms with van der Waals surface area (Å²) in [6.07, 6.45) is 2.30. The maximum atomic E-state index is 13.4. The smallest absolute Gasteiger partial charge is 0.258 e. The molecule has 0 spiro atoms. The van der Waals surface area contributed by atoms with Crippen molar-refractivity contribution in [2.45, 2.75) is 39.5 Å². The van der Waals surface area contributed by atoms with Gasteiger partial charge in [-0.2, -0.15) is 5.10 Å². The van der Waals surface area contributed by atoms with Crippen molar-refractivity contribution in [3.05, 3.63) is 52.3 Å². The van der Waals surface area contributed by atoms with Crippen molar-refractivity contribution >= 4 is 22.6 Å². The first-order valence-corrected chi connectivity index (χ1v) is 9.07. The highest BCUT2D eigenvalue weighted by atomic mass is 16.2. The summed E-state index contributed by atoms with van der Waals surface area (Å²) in [6, 6.07) is 8.04. The second-order valence-electron chi connectivity index (χ2n) is 7.36. The minimum atomic E-state index is -0.0101. The van der Waals surface area contributed by atoms with Crippen molar-refractivity contribution in [2.75, 3.05) is 11.9 Å². The molecule has 26 heavy (non-hydrogen) atoms. The molecule has 1 aromatic carbocycles. The largest absolute Gasteiger partial charge is 0.311 e. The van der Waals surface area contributed by atoms with E-state index in [2.05, 4.69) is 25.0 Å². The molecule has 4 rings (SSSR count). The average Bonchev–Trinajstić information content (AvgIpc) is 3.42. The fraction of sp³-hybridized carbons (Fsp3) is 0.381. The number of amides is 1. The van der Waals surface area contributed by atoms with E-state index >= 15 is 0 Å². The molecule has 0 aliphatic heterocycles. The van der Waals surface area contributed by atoms with Gasteiger partial charge in [0.1, 0.15) is 0 Å². The minimum Gasteiger partial charge on any atom is -0.311 e. The van der Waals surface area contributed by atoms with E-state index in [4.69, 9.17) is 4.98 Å². The van der Waals surface area contributed by atoms with E-state index in [9.17, 15) is 4.79 Å². The first-order valence-electron chi connectivity index (χ1n) is 9.07. The average molecular weight is 348 g/mol. The van der Waals surface area contributed by atoms with Gasteiger partial charge in [-0.3, -0.25) is 9.48 Å². The summed E-state index contributed by atoms with van der Waals surface area (Å²) in [7, 11) is 3.74. The third-order valence-corrected chi connectivity index (χ3v) is 5.46. The summed E-state index contributed by atoms with van der Waals surface area (Å²) >= 11 is 0. The zero-order chi connectivity index (χ0) is 18.6. The van der Waals surface area contributed by atoms with Crippen molar-refractivity contribution in [1.29, 1.82) is 0 Å². The van der Waals surface area contributed by atoms with Gasteiger partial charge in [0.2, 0.25) is 0 Å². The highest BCUT2D eigenvalue weighted by molar-refractivity contribution is 6.14. The van der Waals surface area contributed by atoms with Crippen LogP contribution in [0.2, 0.25) is 0 Å². The standard InChI is InChI=1S/C21H24N4O/c1-12-7-6-8-18(13(12)2)24(4)21(26)16-11-17(15-9-10-15)22-20-19(16)14(3)23-25(20)5/h6-8,11,15H,9-10H2,1-5H3. The Hall–Kier alpha value is -2.69. The number of hydrogen-bond donors (Lipinski definition) is 0. The zero-order valence-corrected chi connectivity index (χ0v) is 16.0. The number of aromatic nitrogens is 3. The first-order chi connectivity index (χ1) is 12.4. The lowest BCUT2D eigenvalue weighted by molar-refractivity contribution is 0.0994. The lowest BCUT2D eigenvalue weighted by atomic mass is 10.0. The fourth-order valence-corrected chi connectivity index (χ4v) is 3.61. The summed E-state index contributed by atoms with van der Waals surface area (Å²) in [5.74, 6) is 0.469. The van der Waals surface area contributed by atoms with Gasteiger partial charge >= 0.3 is 0 Å². The van der Waals surface area contributed by atoms with E-state index in [0.29, 0.717) is 11.5 Å². The lowest BCUT2D eigenvalue weighted by Gasteiger charge is -2.21. The normalized spacial score (nSPS) is 14.0. The van der Waals surface area contributed by atoms with Gasteiger partial charge in [-0.05, 0) is 56.9 Å². The summed E-state index contributed by atoms with van der Waals surface area (Å²) in [5.41, 5.74) is 6.59. The topological polar surface area (TPSA) is 51.0 Å². The van der Waals surface area contributed by atoms with E-state index in [-0.39, 0.29) is 5.91 Å². The molecule has 1 aliphatic rings. The zero-order valence-electron chi connectivity index (χ0n) is 16.0. The van der Waals surface area contributed by atoms with Crippen LogP contribution in [-0.2, 0) is 7.05 Å². The van der Waals surface area contributed by atoms with Crippen LogP contribution < -0.4 is 4.90 Å². The number of pyridine rings is 1. The molecule has 5 heteroatoms. The quantitative estimate of drug-likeness (QED) is 0.717. The van der Waals surface area contributed by atoms with Gasteiger partial charge in [-0.1, -0.05) is 12.1 Å². The molecule has 2 aromatic heterocycles. The number of anilines is 1. The van der Waals surface area contributed by atoms with Gasteiger partial charge < -0.3 is 4.90 Å². The third kappa shape index (κ3) is 2.59. The highest BCUT2D eigenvalue weighted by Crippen LogP contribution is 2.40. The van der Waals surface area contributed by atoms with Crippen LogP contribution in [0.1, 0.15) is 51.6 Å². The Kier molecular flexibility index (Phi) is 3.83. The summed E-state index contributed by atoms with van der Waals surface area (Å²) < 4.78 is 1.78. The first kappa shape index (κ1) is 16.8. The molecule has 0 unspecified atom stereocenters. The fourth-order valence-electron chi connectivity index (χ4n) is 3.61. The van der Waals surface area contributed by atoms with Crippen molar-refractivity contribution in [3.63, 3.8) is 0 Å². The van der Waals surface area contributed by atoms with E-state index in [0.717, 1.165) is 46.5 Å². The molecule has 0 bridgehead atoms. The Morgan fingerprint density at radius 2 is 1.96 bits per heavy atom. The van der Waals surface area contributed by atoms with Gasteiger partial charge in [-0.15, -0.1) is 0 Å². The summed E-state index contributed by atoms with van der Waals surface area (Å²) in [4.78, 5) is 20.0. The molecule has 1 saturated carbocycles. The van der Waals surface area contributed by atoms with Crippen molar-refractivity contribution in [1.82, 2.24) is 14.8 Å². The molecular weight excluding hydrogens is 324 g/mol. The Morgan fingerprint density at radius 1 is 1.23 bits per heavy atom. The second kappa shape index (κ2) is 5.94. The molecule has 0 N–H and O–H groups in total. The summed E-state index contributed by atoms with van der Waals surface area (Å²) in [5, 5.41) is 5.36. The number of aryl methyl sites for hydroxylation is 3. The number of rotatable bonds is 3. The molecule has 1 amide bonds. The molecule has 2 heterocycles.